The number of hydrogen-bond donors (Lipinski definition) is 6. The van der Waals surface area contributed by atoms with Crippen LogP contribution in [0.1, 0.15) is 117 Å². The molecule has 0 bridgehead atoms. The van der Waals surface area contributed by atoms with Crippen molar-refractivity contribution < 1.29 is 19.2 Å². The number of nitrogens with zero attached hydrogens (tertiary/aromatic N) is 8. The largest absolute Gasteiger partial charge is 0.365 e. The van der Waals surface area contributed by atoms with Gasteiger partial charge in [-0.05, 0) is 111 Å². The number of rotatable bonds is 20. The molecule has 0 unspecified atom stereocenters. The number of nitrogens with two attached hydrogens (primary N) is 2. The van der Waals surface area contributed by atoms with Gasteiger partial charge in [0.05, 0.1) is 36.1 Å². The molecule has 74 heavy (non-hydrogen) atoms. The molecule has 4 heterocycles. The number of anilines is 4. The Morgan fingerprint density at radius 3 is 1.47 bits per heavy atom. The van der Waals surface area contributed by atoms with Crippen molar-refractivity contribution in [2.45, 2.75) is 114 Å². The number of hydrogen-bond acceptors (Lipinski definition) is 14. The lowest BCUT2D eigenvalue weighted by Gasteiger charge is -2.40. The van der Waals surface area contributed by atoms with Gasteiger partial charge in [-0.15, -0.1) is 0 Å². The average Bonchev–Trinajstić information content (AvgIpc) is 4.36. The van der Waals surface area contributed by atoms with Crippen LogP contribution in [0.25, 0.3) is 0 Å². The molecule has 9 rings (SSSR count). The Kier molecular flexibility index (Phi) is 19.2. The third kappa shape index (κ3) is 14.5. The second-order valence-electron chi connectivity index (χ2n) is 19.1. The molecule has 2 aliphatic heterocycles. The van der Waals surface area contributed by atoms with Gasteiger partial charge < -0.3 is 31.5 Å². The Balaban J connectivity index is 0.000000211. The predicted octanol–water partition coefficient (Wildman–Crippen LogP) is 8.70. The molecule has 2 saturated heterocycles. The van der Waals surface area contributed by atoms with Crippen LogP contribution in [-0.4, -0.2) is 84.9 Å². The van der Waals surface area contributed by atoms with E-state index < -0.39 is 22.9 Å². The second kappa shape index (κ2) is 25.9. The van der Waals surface area contributed by atoms with Gasteiger partial charge in [-0.3, -0.25) is 38.3 Å². The van der Waals surface area contributed by atoms with Gasteiger partial charge in [-0.1, -0.05) is 75.2 Å². The van der Waals surface area contributed by atoms with Crippen molar-refractivity contribution in [2.75, 3.05) is 52.0 Å². The van der Waals surface area contributed by atoms with E-state index in [-0.39, 0.29) is 59.3 Å². The Morgan fingerprint density at radius 1 is 0.649 bits per heavy atom. The zero-order valence-corrected chi connectivity index (χ0v) is 44.2. The van der Waals surface area contributed by atoms with Crippen LogP contribution in [-0.2, 0) is 33.8 Å². The highest BCUT2D eigenvalue weighted by atomic mass is 32.2. The monoisotopic (exact) mass is 1040 g/mol. The molecule has 0 atom stereocenters. The Bertz CT molecular complexity index is 2800. The minimum atomic E-state index is -0.647. The quantitative estimate of drug-likeness (QED) is 0.0399. The number of carbonyl (C=O) groups excluding carboxylic acids is 4. The fourth-order valence-electron chi connectivity index (χ4n) is 9.18. The number of nitrogens with one attached hydrogen (secondary N) is 4. The van der Waals surface area contributed by atoms with Crippen molar-refractivity contribution >= 4 is 70.5 Å². The second-order valence-corrected chi connectivity index (χ2v) is 21.0. The molecule has 20 heteroatoms. The van der Waals surface area contributed by atoms with Gasteiger partial charge in [0, 0.05) is 85.5 Å². The lowest BCUT2D eigenvalue weighted by molar-refractivity contribution is -0.118. The number of piperidine rings is 2. The summed E-state index contributed by atoms with van der Waals surface area (Å²) in [6.45, 7) is 10.9. The molecule has 8 N–H and O–H groups in total. The van der Waals surface area contributed by atoms with Crippen LogP contribution in [0.3, 0.4) is 0 Å². The van der Waals surface area contributed by atoms with Crippen LogP contribution in [0.2, 0.25) is 0 Å². The summed E-state index contributed by atoms with van der Waals surface area (Å²) in [6.07, 6.45) is 9.91. The van der Waals surface area contributed by atoms with Crippen molar-refractivity contribution in [1.82, 2.24) is 29.4 Å². The lowest BCUT2D eigenvalue weighted by atomic mass is 9.84. The maximum atomic E-state index is 12.3. The summed E-state index contributed by atoms with van der Waals surface area (Å²) in [4.78, 5) is 54.6. The zero-order chi connectivity index (χ0) is 52.7. The van der Waals surface area contributed by atoms with Crippen molar-refractivity contribution in [3.63, 3.8) is 0 Å². The molecule has 4 fully saturated rings. The molecule has 4 amide bonds. The molecule has 0 radical (unpaired) electrons. The van der Waals surface area contributed by atoms with E-state index in [1.54, 1.807) is 45.7 Å². The molecule has 4 aliphatic rings. The first kappa shape index (κ1) is 54.9. The minimum Gasteiger partial charge on any atom is -0.365 e. The fourth-order valence-corrected chi connectivity index (χ4v) is 10.3. The van der Waals surface area contributed by atoms with Crippen LogP contribution in [0.4, 0.5) is 23.0 Å². The van der Waals surface area contributed by atoms with Gasteiger partial charge >= 0.3 is 0 Å². The van der Waals surface area contributed by atoms with E-state index in [1.165, 1.54) is 11.1 Å². The van der Waals surface area contributed by atoms with Crippen LogP contribution >= 0.6 is 23.9 Å². The van der Waals surface area contributed by atoms with Gasteiger partial charge in [0.2, 0.25) is 11.8 Å². The average molecular weight is 1040 g/mol. The summed E-state index contributed by atoms with van der Waals surface area (Å²) in [6, 6.07) is 31.6. The zero-order valence-electron chi connectivity index (χ0n) is 42.5. The number of aromatic nitrogens is 4. The number of primary amides is 2. The molecule has 18 nitrogen and oxygen atoms in total. The first-order chi connectivity index (χ1) is 35.9. The topological polar surface area (TPSA) is 258 Å². The summed E-state index contributed by atoms with van der Waals surface area (Å²) in [5, 5.41) is 33.9. The highest BCUT2D eigenvalue weighted by Crippen LogP contribution is 2.38. The van der Waals surface area contributed by atoms with E-state index in [9.17, 15) is 29.7 Å². The molecule has 2 aliphatic carbocycles. The molecule has 5 aromatic rings. The first-order valence-corrected chi connectivity index (χ1v) is 27.3. The summed E-state index contributed by atoms with van der Waals surface area (Å²) in [5.74, 6) is -0.229. The SMILES string of the molecule is CC.CCSNc1cccc(CN2CCC(CC#N)(n3cc(C(N)=O)c(NC(=O)C4CC4)n3)CC2)c1.N#CCC1(n2cc(C(N)=O)c(NC(=O)C3CC3)n2)CCN(Cc2cccc(NSc3ccccc3)c2)CC1. The summed E-state index contributed by atoms with van der Waals surface area (Å²) >= 11 is 3.25. The highest BCUT2D eigenvalue weighted by molar-refractivity contribution is 8.00. The van der Waals surface area contributed by atoms with E-state index in [4.69, 9.17) is 11.5 Å². The van der Waals surface area contributed by atoms with Crippen molar-refractivity contribution in [1.29, 1.82) is 10.5 Å². The van der Waals surface area contributed by atoms with Gasteiger partial charge in [-0.2, -0.15) is 20.7 Å². The number of nitriles is 2. The van der Waals surface area contributed by atoms with Crippen molar-refractivity contribution in [2.24, 2.45) is 23.3 Å². The molecular weight excluding hydrogens is 973 g/mol. The van der Waals surface area contributed by atoms with Crippen LogP contribution in [0, 0.1) is 34.5 Å². The fraction of sp³-hybridized carbons (Fsp3) is 0.444. The Labute approximate surface area is 442 Å². The molecule has 2 saturated carbocycles. The molecule has 3 aromatic carbocycles. The van der Waals surface area contributed by atoms with Gasteiger partial charge in [0.25, 0.3) is 11.8 Å². The summed E-state index contributed by atoms with van der Waals surface area (Å²) in [5.41, 5.74) is 15.0. The highest BCUT2D eigenvalue weighted by Gasteiger charge is 2.41. The van der Waals surface area contributed by atoms with Crippen molar-refractivity contribution in [3.8, 4) is 12.1 Å². The van der Waals surface area contributed by atoms with E-state index in [2.05, 4.69) is 120 Å². The number of benzene rings is 3. The van der Waals surface area contributed by atoms with Crippen LogP contribution in [0.5, 0.6) is 0 Å². The molecule has 0 spiro atoms. The van der Waals surface area contributed by atoms with Gasteiger partial charge in [0.15, 0.2) is 11.6 Å². The van der Waals surface area contributed by atoms with Crippen LogP contribution < -0.4 is 31.5 Å². The van der Waals surface area contributed by atoms with Crippen LogP contribution in [0.15, 0.2) is 96.2 Å². The first-order valence-electron chi connectivity index (χ1n) is 25.5. The number of carbonyl (C=O) groups is 4. The standard InChI is InChI=1S/C28H31N7O2S.C24H31N7O2S.C2H6/c29-14-11-28(35-19-24(25(30)36)26(32-35)31-27(37)21-9-10-21)12-15-34(16-13-28)18-20-5-4-6-22(17-20)33-38-23-7-2-1-3-8-23;1-2-34-29-19-5-3-4-17(14-19)15-30-12-9-24(8-11-25,10-13-30)31-16-20(21(26)32)22(28-31)27-23(33)18-6-7-18;1-2/h1-8,17,19,21,33H,9-13,15-16,18H2,(H2,30,36)(H,31,32,37);3-5,14,16,18,29H,2,6-10,12-13,15H2,1H3,(H2,26,32)(H,27,28,33);1-2H3. The molecule has 2 aromatic heterocycles. The summed E-state index contributed by atoms with van der Waals surface area (Å²) < 4.78 is 10.2. The third-order valence-corrected chi connectivity index (χ3v) is 15.2. The Hall–Kier alpha value is -6.84. The summed E-state index contributed by atoms with van der Waals surface area (Å²) in [7, 11) is 0. The maximum absolute atomic E-state index is 12.3. The number of amides is 4. The predicted molar refractivity (Wildman–Crippen MR) is 292 cm³/mol. The Morgan fingerprint density at radius 2 is 1.08 bits per heavy atom. The minimum absolute atomic E-state index is 0.0172. The smallest absolute Gasteiger partial charge is 0.254 e. The van der Waals surface area contributed by atoms with E-state index in [0.29, 0.717) is 25.7 Å². The van der Waals surface area contributed by atoms with Crippen molar-refractivity contribution in [3.05, 3.63) is 114 Å². The lowest BCUT2D eigenvalue weighted by Crippen LogP contribution is -2.46. The van der Waals surface area contributed by atoms with E-state index in [1.807, 2.05) is 32.0 Å². The number of likely N-dealkylation sites (tertiary alicyclic amines) is 2. The maximum Gasteiger partial charge on any atom is 0.254 e. The van der Waals surface area contributed by atoms with E-state index in [0.717, 1.165) is 87.0 Å². The normalized spacial score (nSPS) is 16.9. The molecule has 390 valence electrons. The third-order valence-electron chi connectivity index (χ3n) is 13.7. The molecular formula is C54H68N14O4S2. The van der Waals surface area contributed by atoms with Gasteiger partial charge in [-0.25, -0.2) is 0 Å². The van der Waals surface area contributed by atoms with Gasteiger partial charge in [0.1, 0.15) is 11.1 Å². The van der Waals surface area contributed by atoms with E-state index >= 15 is 0 Å².